The van der Waals surface area contributed by atoms with Crippen molar-refractivity contribution in [2.75, 3.05) is 0 Å². The second-order valence-electron chi connectivity index (χ2n) is 2.63. The SMILES string of the molecule is CC(C)(C)O/C(Cl)=C\Cl. The van der Waals surface area contributed by atoms with E-state index in [2.05, 4.69) is 0 Å². The van der Waals surface area contributed by atoms with Gasteiger partial charge in [-0.05, 0) is 32.4 Å². The third kappa shape index (κ3) is 6.00. The first kappa shape index (κ1) is 9.12. The molecular weight excluding hydrogens is 159 g/mol. The summed E-state index contributed by atoms with van der Waals surface area (Å²) in [7, 11) is 0. The molecule has 0 unspecified atom stereocenters. The molecule has 0 rings (SSSR count). The van der Waals surface area contributed by atoms with Crippen molar-refractivity contribution < 1.29 is 4.74 Å². The quantitative estimate of drug-likeness (QED) is 0.548. The van der Waals surface area contributed by atoms with Crippen molar-refractivity contribution in [1.29, 1.82) is 0 Å². The zero-order valence-electron chi connectivity index (χ0n) is 5.74. The van der Waals surface area contributed by atoms with Crippen molar-refractivity contribution in [2.45, 2.75) is 26.4 Å². The molecule has 0 radical (unpaired) electrons. The average Bonchev–Trinajstić information content (AvgIpc) is 1.62. The minimum atomic E-state index is -0.261. The van der Waals surface area contributed by atoms with Gasteiger partial charge < -0.3 is 4.74 Å². The lowest BCUT2D eigenvalue weighted by Gasteiger charge is -2.19. The van der Waals surface area contributed by atoms with E-state index in [9.17, 15) is 0 Å². The number of ether oxygens (including phenoxy) is 1. The molecular formula is C6H10Cl2O. The van der Waals surface area contributed by atoms with Gasteiger partial charge in [0.2, 0.25) is 0 Å². The van der Waals surface area contributed by atoms with Gasteiger partial charge in [0.05, 0.1) is 5.54 Å². The molecule has 9 heavy (non-hydrogen) atoms. The zero-order valence-corrected chi connectivity index (χ0v) is 7.25. The summed E-state index contributed by atoms with van der Waals surface area (Å²) in [5.74, 6) is 0. The molecule has 0 aliphatic rings. The third-order valence-corrected chi connectivity index (χ3v) is 0.986. The van der Waals surface area contributed by atoms with Gasteiger partial charge in [0.1, 0.15) is 5.60 Å². The molecule has 54 valence electrons. The second-order valence-corrected chi connectivity index (χ2v) is 3.22. The van der Waals surface area contributed by atoms with E-state index in [0.717, 1.165) is 0 Å². The van der Waals surface area contributed by atoms with Gasteiger partial charge in [0.25, 0.3) is 0 Å². The Morgan fingerprint density at radius 2 is 1.89 bits per heavy atom. The van der Waals surface area contributed by atoms with Gasteiger partial charge >= 0.3 is 0 Å². The number of halogens is 2. The maximum atomic E-state index is 5.46. The Balaban J connectivity index is 3.75. The van der Waals surface area contributed by atoms with Gasteiger partial charge in [-0.25, -0.2) is 0 Å². The van der Waals surface area contributed by atoms with Crippen LogP contribution < -0.4 is 0 Å². The Hall–Kier alpha value is 0.120. The van der Waals surface area contributed by atoms with Crippen LogP contribution in [0.25, 0.3) is 0 Å². The highest BCUT2D eigenvalue weighted by molar-refractivity contribution is 6.35. The van der Waals surface area contributed by atoms with E-state index in [1.165, 1.54) is 5.54 Å². The van der Waals surface area contributed by atoms with Crippen molar-refractivity contribution in [3.63, 3.8) is 0 Å². The van der Waals surface area contributed by atoms with Gasteiger partial charge in [0.15, 0.2) is 5.22 Å². The van der Waals surface area contributed by atoms with Crippen LogP contribution in [0, 0.1) is 0 Å². The molecule has 0 aromatic heterocycles. The summed E-state index contributed by atoms with van der Waals surface area (Å²) in [5.41, 5.74) is 0.940. The lowest BCUT2D eigenvalue weighted by molar-refractivity contribution is 0.0680. The first-order chi connectivity index (χ1) is 3.95. The lowest BCUT2D eigenvalue weighted by atomic mass is 10.2. The molecule has 0 fully saturated rings. The van der Waals surface area contributed by atoms with Gasteiger partial charge in [0, 0.05) is 0 Å². The van der Waals surface area contributed by atoms with Crippen LogP contribution in [0.5, 0.6) is 0 Å². The maximum absolute atomic E-state index is 5.46. The summed E-state index contributed by atoms with van der Waals surface area (Å²) in [6.07, 6.45) is 0. The average molecular weight is 169 g/mol. The Labute approximate surface area is 65.6 Å². The molecule has 0 spiro atoms. The van der Waals surface area contributed by atoms with Crippen LogP contribution in [0.15, 0.2) is 10.8 Å². The van der Waals surface area contributed by atoms with Crippen LogP contribution >= 0.6 is 23.2 Å². The standard InChI is InChI=1S/C6H10Cl2O/c1-6(2,3)9-5(8)4-7/h4H,1-3H3/b5-4-. The van der Waals surface area contributed by atoms with E-state index < -0.39 is 0 Å². The highest BCUT2D eigenvalue weighted by Crippen LogP contribution is 2.16. The highest BCUT2D eigenvalue weighted by atomic mass is 35.5. The van der Waals surface area contributed by atoms with Gasteiger partial charge in [-0.1, -0.05) is 11.6 Å². The summed E-state index contributed by atoms with van der Waals surface area (Å²) in [6, 6.07) is 0. The van der Waals surface area contributed by atoms with Gasteiger partial charge in [-0.15, -0.1) is 0 Å². The van der Waals surface area contributed by atoms with Gasteiger partial charge in [-0.3, -0.25) is 0 Å². The molecule has 0 saturated carbocycles. The monoisotopic (exact) mass is 168 g/mol. The summed E-state index contributed by atoms with van der Waals surface area (Å²) in [6.45, 7) is 5.70. The smallest absolute Gasteiger partial charge is 0.198 e. The first-order valence-corrected chi connectivity index (χ1v) is 3.42. The second kappa shape index (κ2) is 3.33. The molecule has 0 aromatic carbocycles. The van der Waals surface area contributed by atoms with Crippen LogP contribution in [0.2, 0.25) is 0 Å². The van der Waals surface area contributed by atoms with Crippen LogP contribution in [0.1, 0.15) is 20.8 Å². The molecule has 0 atom stereocenters. The predicted molar refractivity (Wildman–Crippen MR) is 40.6 cm³/mol. The molecule has 3 heteroatoms. The maximum Gasteiger partial charge on any atom is 0.198 e. The number of rotatable bonds is 1. The predicted octanol–water partition coefficient (Wildman–Crippen LogP) is 3.08. The zero-order chi connectivity index (χ0) is 7.49. The number of hydrogen-bond acceptors (Lipinski definition) is 1. The summed E-state index contributed by atoms with van der Waals surface area (Å²) < 4.78 is 5.08. The van der Waals surface area contributed by atoms with E-state index in [1.807, 2.05) is 20.8 Å². The van der Waals surface area contributed by atoms with Crippen molar-refractivity contribution in [1.82, 2.24) is 0 Å². The Bertz CT molecular complexity index is 113. The summed E-state index contributed by atoms with van der Waals surface area (Å²) >= 11 is 10.7. The lowest BCUT2D eigenvalue weighted by Crippen LogP contribution is -2.16. The third-order valence-electron chi connectivity index (χ3n) is 0.489. The Kier molecular flexibility index (Phi) is 3.37. The van der Waals surface area contributed by atoms with Crippen molar-refractivity contribution in [2.24, 2.45) is 0 Å². The normalized spacial score (nSPS) is 13.7. The Morgan fingerprint density at radius 3 is 2.00 bits per heavy atom. The van der Waals surface area contributed by atoms with Crippen LogP contribution in [-0.4, -0.2) is 5.60 Å². The molecule has 0 aliphatic heterocycles. The fourth-order valence-electron chi connectivity index (χ4n) is 0.315. The molecule has 0 heterocycles. The minimum absolute atomic E-state index is 0.226. The summed E-state index contributed by atoms with van der Waals surface area (Å²) in [4.78, 5) is 0. The molecule has 0 bridgehead atoms. The van der Waals surface area contributed by atoms with E-state index >= 15 is 0 Å². The van der Waals surface area contributed by atoms with Crippen LogP contribution in [0.3, 0.4) is 0 Å². The fourth-order valence-corrected chi connectivity index (χ4v) is 0.591. The minimum Gasteiger partial charge on any atom is -0.477 e. The first-order valence-electron chi connectivity index (χ1n) is 2.60. The number of hydrogen-bond donors (Lipinski definition) is 0. The summed E-state index contributed by atoms with van der Waals surface area (Å²) in [5, 5.41) is 0.226. The molecule has 1 nitrogen and oxygen atoms in total. The molecule has 0 amide bonds. The van der Waals surface area contributed by atoms with E-state index in [4.69, 9.17) is 27.9 Å². The molecule has 0 aliphatic carbocycles. The Morgan fingerprint density at radius 1 is 1.44 bits per heavy atom. The van der Waals surface area contributed by atoms with E-state index in [0.29, 0.717) is 0 Å². The van der Waals surface area contributed by atoms with E-state index in [1.54, 1.807) is 0 Å². The highest BCUT2D eigenvalue weighted by Gasteiger charge is 2.11. The molecule has 0 N–H and O–H groups in total. The fraction of sp³-hybridized carbons (Fsp3) is 0.667. The molecule has 0 aromatic rings. The topological polar surface area (TPSA) is 9.23 Å². The van der Waals surface area contributed by atoms with Crippen molar-refractivity contribution in [3.05, 3.63) is 10.8 Å². The van der Waals surface area contributed by atoms with Crippen molar-refractivity contribution in [3.8, 4) is 0 Å². The molecule has 0 saturated heterocycles. The van der Waals surface area contributed by atoms with Gasteiger partial charge in [-0.2, -0.15) is 0 Å². The van der Waals surface area contributed by atoms with E-state index in [-0.39, 0.29) is 10.8 Å². The van der Waals surface area contributed by atoms with Crippen LogP contribution in [0.4, 0.5) is 0 Å². The van der Waals surface area contributed by atoms with Crippen molar-refractivity contribution >= 4 is 23.2 Å². The van der Waals surface area contributed by atoms with Crippen LogP contribution in [-0.2, 0) is 4.74 Å². The largest absolute Gasteiger partial charge is 0.477 e.